The summed E-state index contributed by atoms with van der Waals surface area (Å²) >= 11 is 12.6. The molecule has 0 amide bonds. The number of rotatable bonds is 14. The molecule has 0 aliphatic rings. The number of nitrogens with zero attached hydrogens (tertiary/aromatic N) is 1. The third-order valence-electron chi connectivity index (χ3n) is 5.39. The van der Waals surface area contributed by atoms with Gasteiger partial charge in [-0.1, -0.05) is 37.0 Å². The van der Waals surface area contributed by atoms with Gasteiger partial charge in [-0.25, -0.2) is 10.2 Å². The van der Waals surface area contributed by atoms with E-state index in [0.29, 0.717) is 5.56 Å². The smallest absolute Gasteiger partial charge is 0.323 e. The van der Waals surface area contributed by atoms with E-state index in [-0.39, 0.29) is 47.2 Å². The van der Waals surface area contributed by atoms with Gasteiger partial charge in [-0.2, -0.15) is 9.37 Å². The van der Waals surface area contributed by atoms with Gasteiger partial charge >= 0.3 is 11.9 Å². The van der Waals surface area contributed by atoms with Crippen LogP contribution in [0.2, 0.25) is 10.0 Å². The van der Waals surface area contributed by atoms with E-state index in [4.69, 9.17) is 37.4 Å². The van der Waals surface area contributed by atoms with Crippen molar-refractivity contribution in [1.82, 2.24) is 15.2 Å². The van der Waals surface area contributed by atoms with Gasteiger partial charge in [0.2, 0.25) is 13.4 Å². The van der Waals surface area contributed by atoms with E-state index in [0.717, 1.165) is 0 Å². The summed E-state index contributed by atoms with van der Waals surface area (Å²) in [6.45, 7) is 10.1. The standard InChI is InChI=1S/C25H34Cl2FN4O7P/c1-7-37-24(34)14(5)31-40(36,32-15(6)25(35)38-8-2)12-29-23-20(27)21(19(26)22(28)30-23)39-16-9-10-18(33)17(11-16)13(3)4/h9-11,13-15,33H,7-8,12H2,1-6H3,(H,29,30)(H2,31,32,36)/t14-,15?,40?/m0/s1. The number of hydrogen-bond donors (Lipinski definition) is 4. The van der Waals surface area contributed by atoms with Crippen molar-refractivity contribution >= 4 is 48.4 Å². The zero-order chi connectivity index (χ0) is 30.2. The number of benzene rings is 1. The third kappa shape index (κ3) is 8.94. The van der Waals surface area contributed by atoms with Gasteiger partial charge in [0.15, 0.2) is 11.6 Å². The molecular formula is C25H34Cl2FN4O7P. The fraction of sp³-hybridized carbons (Fsp3) is 0.480. The Morgan fingerprint density at radius 1 is 1.02 bits per heavy atom. The zero-order valence-corrected chi connectivity index (χ0v) is 25.4. The minimum absolute atomic E-state index is 0.0379. The first-order valence-corrected chi connectivity index (χ1v) is 15.1. The lowest BCUT2D eigenvalue weighted by Gasteiger charge is -2.27. The highest BCUT2D eigenvalue weighted by Gasteiger charge is 2.32. The molecule has 0 fully saturated rings. The molecule has 0 bridgehead atoms. The highest BCUT2D eigenvalue weighted by Crippen LogP contribution is 2.44. The molecule has 4 N–H and O–H groups in total. The van der Waals surface area contributed by atoms with Crippen LogP contribution in [0.4, 0.5) is 10.2 Å². The van der Waals surface area contributed by atoms with Gasteiger partial charge in [0.1, 0.15) is 33.6 Å². The van der Waals surface area contributed by atoms with Crippen LogP contribution in [0.5, 0.6) is 17.2 Å². The Morgan fingerprint density at radius 3 is 2.08 bits per heavy atom. The molecule has 0 aliphatic carbocycles. The minimum atomic E-state index is -3.84. The van der Waals surface area contributed by atoms with Crippen molar-refractivity contribution in [2.24, 2.45) is 0 Å². The number of aromatic nitrogens is 1. The third-order valence-corrected chi connectivity index (χ3v) is 8.28. The number of phenols is 1. The summed E-state index contributed by atoms with van der Waals surface area (Å²) in [5, 5.41) is 17.3. The Morgan fingerprint density at radius 2 is 1.57 bits per heavy atom. The van der Waals surface area contributed by atoms with E-state index in [1.54, 1.807) is 19.9 Å². The van der Waals surface area contributed by atoms with Crippen LogP contribution in [0.3, 0.4) is 0 Å². The molecule has 0 radical (unpaired) electrons. The van der Waals surface area contributed by atoms with Gasteiger partial charge in [0, 0.05) is 5.56 Å². The van der Waals surface area contributed by atoms with E-state index < -0.39 is 48.7 Å². The maximum atomic E-state index is 14.7. The van der Waals surface area contributed by atoms with E-state index in [1.807, 2.05) is 13.8 Å². The Labute approximate surface area is 242 Å². The molecule has 15 heteroatoms. The molecule has 2 unspecified atom stereocenters. The number of pyridine rings is 1. The Balaban J connectivity index is 2.38. The summed E-state index contributed by atoms with van der Waals surface area (Å²) in [5.74, 6) is -2.76. The summed E-state index contributed by atoms with van der Waals surface area (Å²) in [7, 11) is -3.84. The minimum Gasteiger partial charge on any atom is -0.508 e. The molecule has 2 rings (SSSR count). The van der Waals surface area contributed by atoms with Crippen molar-refractivity contribution < 1.29 is 37.9 Å². The lowest BCUT2D eigenvalue weighted by molar-refractivity contribution is -0.145. The van der Waals surface area contributed by atoms with E-state index in [2.05, 4.69) is 20.5 Å². The van der Waals surface area contributed by atoms with Gasteiger partial charge in [-0.05, 0) is 51.8 Å². The first-order chi connectivity index (χ1) is 18.7. The van der Waals surface area contributed by atoms with Crippen molar-refractivity contribution in [2.45, 2.75) is 59.5 Å². The van der Waals surface area contributed by atoms with Crippen molar-refractivity contribution in [1.29, 1.82) is 0 Å². The van der Waals surface area contributed by atoms with Gasteiger partial charge in [0.05, 0.1) is 19.5 Å². The molecule has 0 spiro atoms. The molecule has 1 aromatic heterocycles. The van der Waals surface area contributed by atoms with E-state index >= 15 is 0 Å². The number of carbonyl (C=O) groups excluding carboxylic acids is 2. The number of phenolic OH excluding ortho intramolecular Hbond substituents is 1. The largest absolute Gasteiger partial charge is 0.508 e. The number of esters is 2. The van der Waals surface area contributed by atoms with Crippen LogP contribution in [0.25, 0.3) is 0 Å². The van der Waals surface area contributed by atoms with Crippen molar-refractivity contribution in [3.05, 3.63) is 39.8 Å². The normalized spacial score (nSPS) is 14.2. The molecule has 2 aromatic rings. The van der Waals surface area contributed by atoms with Crippen LogP contribution >= 0.6 is 30.6 Å². The van der Waals surface area contributed by atoms with Crippen LogP contribution in [0.15, 0.2) is 18.2 Å². The van der Waals surface area contributed by atoms with Crippen LogP contribution in [-0.2, 0) is 23.6 Å². The molecule has 3 atom stereocenters. The van der Waals surface area contributed by atoms with Crippen molar-refractivity contribution in [3.8, 4) is 17.2 Å². The molecule has 0 saturated heterocycles. The summed E-state index contributed by atoms with van der Waals surface area (Å²) in [4.78, 5) is 28.1. The highest BCUT2D eigenvalue weighted by molar-refractivity contribution is 7.60. The lowest BCUT2D eigenvalue weighted by Crippen LogP contribution is -2.43. The first-order valence-electron chi connectivity index (χ1n) is 12.5. The molecule has 0 aliphatic heterocycles. The molecule has 40 heavy (non-hydrogen) atoms. The quantitative estimate of drug-likeness (QED) is 0.115. The summed E-state index contributed by atoms with van der Waals surface area (Å²) in [6, 6.07) is 2.36. The molecule has 222 valence electrons. The number of anilines is 1. The molecule has 1 heterocycles. The number of halogens is 3. The average Bonchev–Trinajstić information content (AvgIpc) is 2.88. The maximum Gasteiger partial charge on any atom is 0.323 e. The predicted molar refractivity (Wildman–Crippen MR) is 151 cm³/mol. The monoisotopic (exact) mass is 622 g/mol. The topological polar surface area (TPSA) is 148 Å². The SMILES string of the molecule is CCOC(=O)C(C)NP(=O)(CNc1nc(F)c(Cl)c(Oc2ccc(O)c(C(C)C)c2)c1Cl)N[C@@H](C)C(=O)OCC. The number of ether oxygens (including phenoxy) is 3. The Hall–Kier alpha value is -2.63. The number of hydrogen-bond acceptors (Lipinski definition) is 9. The second-order valence-electron chi connectivity index (χ2n) is 8.97. The molecule has 11 nitrogen and oxygen atoms in total. The molecule has 0 saturated carbocycles. The molecule has 1 aromatic carbocycles. The number of aromatic hydroxyl groups is 1. The highest BCUT2D eigenvalue weighted by atomic mass is 35.5. The lowest BCUT2D eigenvalue weighted by atomic mass is 10.0. The van der Waals surface area contributed by atoms with E-state index in [1.165, 1.54) is 26.0 Å². The first kappa shape index (κ1) is 33.6. The number of nitrogens with one attached hydrogen (secondary N) is 3. The Kier molecular flexibility index (Phi) is 12.5. The second-order valence-corrected chi connectivity index (χ2v) is 12.0. The Bertz CT molecular complexity index is 1240. The van der Waals surface area contributed by atoms with E-state index in [9.17, 15) is 23.7 Å². The van der Waals surface area contributed by atoms with Gasteiger partial charge < -0.3 is 24.6 Å². The van der Waals surface area contributed by atoms with Gasteiger partial charge in [0.25, 0.3) is 0 Å². The predicted octanol–water partition coefficient (Wildman–Crippen LogP) is 5.79. The van der Waals surface area contributed by atoms with Gasteiger partial charge in [-0.15, -0.1) is 0 Å². The van der Waals surface area contributed by atoms with Crippen LogP contribution < -0.4 is 20.2 Å². The fourth-order valence-electron chi connectivity index (χ4n) is 3.46. The van der Waals surface area contributed by atoms with Crippen LogP contribution in [-0.4, -0.2) is 53.6 Å². The maximum absolute atomic E-state index is 14.7. The van der Waals surface area contributed by atoms with Gasteiger partial charge in [-0.3, -0.25) is 14.2 Å². The fourth-order valence-corrected chi connectivity index (χ4v) is 6.01. The average molecular weight is 623 g/mol. The van der Waals surface area contributed by atoms with Crippen molar-refractivity contribution in [3.63, 3.8) is 0 Å². The summed E-state index contributed by atoms with van der Waals surface area (Å²) in [6.07, 6.45) is -0.482. The van der Waals surface area contributed by atoms with Crippen molar-refractivity contribution in [2.75, 3.05) is 24.8 Å². The second kappa shape index (κ2) is 14.8. The van der Waals surface area contributed by atoms with Crippen LogP contribution in [0, 0.1) is 5.95 Å². The van der Waals surface area contributed by atoms with Crippen LogP contribution in [0.1, 0.15) is 53.0 Å². The number of carbonyl (C=O) groups is 2. The summed E-state index contributed by atoms with van der Waals surface area (Å²) in [5.41, 5.74) is 0.585. The summed E-state index contributed by atoms with van der Waals surface area (Å²) < 4.78 is 44.3. The zero-order valence-electron chi connectivity index (χ0n) is 23.0. The molecular weight excluding hydrogens is 589 g/mol.